The molecule has 17 heavy (non-hydrogen) atoms. The Balaban J connectivity index is 1.74. The Morgan fingerprint density at radius 1 is 1.35 bits per heavy atom. The molecule has 1 saturated heterocycles. The number of halogens is 1. The monoisotopic (exact) mass is 315 g/mol. The zero-order valence-electron chi connectivity index (χ0n) is 9.99. The third-order valence-corrected chi connectivity index (χ3v) is 4.93. The number of nitrogens with one attached hydrogen (secondary N) is 1. The van der Waals surface area contributed by atoms with E-state index in [2.05, 4.69) is 28.3 Å². The minimum Gasteiger partial charge on any atom is -0.494 e. The van der Waals surface area contributed by atoms with Gasteiger partial charge in [0.2, 0.25) is 0 Å². The van der Waals surface area contributed by atoms with Crippen LogP contribution in [-0.4, -0.2) is 31.2 Å². The Morgan fingerprint density at radius 3 is 2.82 bits per heavy atom. The van der Waals surface area contributed by atoms with Crippen LogP contribution in [-0.2, 0) is 0 Å². The molecule has 1 aromatic rings. The topological polar surface area (TPSA) is 21.3 Å². The van der Waals surface area contributed by atoms with Gasteiger partial charge in [-0.25, -0.2) is 0 Å². The van der Waals surface area contributed by atoms with Crippen molar-refractivity contribution in [3.8, 4) is 5.75 Å². The molecule has 0 spiro atoms. The number of rotatable bonds is 5. The van der Waals surface area contributed by atoms with Crippen molar-refractivity contribution in [3.05, 3.63) is 28.7 Å². The lowest BCUT2D eigenvalue weighted by Crippen LogP contribution is -2.33. The number of thioether (sulfide) groups is 1. The zero-order valence-corrected chi connectivity index (χ0v) is 12.4. The van der Waals surface area contributed by atoms with E-state index in [-0.39, 0.29) is 0 Å². The van der Waals surface area contributed by atoms with E-state index < -0.39 is 0 Å². The zero-order chi connectivity index (χ0) is 12.1. The molecule has 94 valence electrons. The quantitative estimate of drug-likeness (QED) is 0.901. The summed E-state index contributed by atoms with van der Waals surface area (Å²) in [5.74, 6) is 4.20. The highest BCUT2D eigenvalue weighted by atomic mass is 79.9. The Kier molecular flexibility index (Phi) is 5.19. The van der Waals surface area contributed by atoms with Crippen molar-refractivity contribution in [2.75, 3.05) is 25.2 Å². The van der Waals surface area contributed by atoms with E-state index in [1.807, 2.05) is 36.0 Å². The first kappa shape index (κ1) is 13.2. The predicted molar refractivity (Wildman–Crippen MR) is 77.9 cm³/mol. The first-order valence-corrected chi connectivity index (χ1v) is 7.87. The van der Waals surface area contributed by atoms with Gasteiger partial charge in [0.05, 0.1) is 6.61 Å². The SMILES string of the molecule is CNC1CSCC1CCOc1ccc(Br)cc1. The minimum atomic E-state index is 0.661. The van der Waals surface area contributed by atoms with Gasteiger partial charge < -0.3 is 10.1 Å². The van der Waals surface area contributed by atoms with Gasteiger partial charge in [-0.05, 0) is 49.4 Å². The third-order valence-electron chi connectivity index (χ3n) is 3.14. The van der Waals surface area contributed by atoms with Crippen LogP contribution in [0.1, 0.15) is 6.42 Å². The van der Waals surface area contributed by atoms with Crippen molar-refractivity contribution < 1.29 is 4.74 Å². The molecular formula is C13H18BrNOS. The van der Waals surface area contributed by atoms with Crippen molar-refractivity contribution in [1.29, 1.82) is 0 Å². The Labute approximate surface area is 116 Å². The maximum Gasteiger partial charge on any atom is 0.119 e. The van der Waals surface area contributed by atoms with E-state index in [1.165, 1.54) is 11.5 Å². The maximum atomic E-state index is 5.76. The average molecular weight is 316 g/mol. The standard InChI is InChI=1S/C13H18BrNOS/c1-15-13-9-17-8-10(13)6-7-16-12-4-2-11(14)3-5-12/h2-5,10,13,15H,6-9H2,1H3. The fourth-order valence-corrected chi connectivity index (χ4v) is 3.86. The smallest absolute Gasteiger partial charge is 0.119 e. The number of benzene rings is 1. The molecule has 1 N–H and O–H groups in total. The van der Waals surface area contributed by atoms with E-state index in [1.54, 1.807) is 0 Å². The summed E-state index contributed by atoms with van der Waals surface area (Å²) in [6, 6.07) is 8.69. The van der Waals surface area contributed by atoms with Gasteiger partial charge in [-0.2, -0.15) is 11.8 Å². The molecule has 1 fully saturated rings. The van der Waals surface area contributed by atoms with Crippen LogP contribution in [0.4, 0.5) is 0 Å². The van der Waals surface area contributed by atoms with Crippen LogP contribution in [0.25, 0.3) is 0 Å². The van der Waals surface area contributed by atoms with Gasteiger partial charge in [0, 0.05) is 16.3 Å². The molecule has 1 aliphatic rings. The summed E-state index contributed by atoms with van der Waals surface area (Å²) in [5.41, 5.74) is 0. The van der Waals surface area contributed by atoms with E-state index in [0.717, 1.165) is 29.2 Å². The van der Waals surface area contributed by atoms with E-state index in [0.29, 0.717) is 6.04 Å². The molecular weight excluding hydrogens is 298 g/mol. The van der Waals surface area contributed by atoms with Crippen LogP contribution in [0.2, 0.25) is 0 Å². The fourth-order valence-electron chi connectivity index (χ4n) is 2.06. The molecule has 2 rings (SSSR count). The second-order valence-electron chi connectivity index (χ2n) is 4.28. The lowest BCUT2D eigenvalue weighted by molar-refractivity contribution is 0.271. The Bertz CT molecular complexity index is 344. The molecule has 0 aromatic heterocycles. The van der Waals surface area contributed by atoms with Crippen LogP contribution in [0.5, 0.6) is 5.75 Å². The van der Waals surface area contributed by atoms with Crippen LogP contribution >= 0.6 is 27.7 Å². The van der Waals surface area contributed by atoms with Gasteiger partial charge in [-0.15, -0.1) is 0 Å². The second-order valence-corrected chi connectivity index (χ2v) is 6.27. The highest BCUT2D eigenvalue weighted by Gasteiger charge is 2.25. The van der Waals surface area contributed by atoms with Crippen molar-refractivity contribution in [3.63, 3.8) is 0 Å². The average Bonchev–Trinajstić information content (AvgIpc) is 2.79. The minimum absolute atomic E-state index is 0.661. The van der Waals surface area contributed by atoms with E-state index >= 15 is 0 Å². The molecule has 0 saturated carbocycles. The van der Waals surface area contributed by atoms with E-state index in [4.69, 9.17) is 4.74 Å². The van der Waals surface area contributed by atoms with Gasteiger partial charge in [0.1, 0.15) is 5.75 Å². The number of ether oxygens (including phenoxy) is 1. The molecule has 1 aliphatic heterocycles. The molecule has 0 bridgehead atoms. The molecule has 1 heterocycles. The molecule has 2 nitrogen and oxygen atoms in total. The van der Waals surface area contributed by atoms with Gasteiger partial charge >= 0.3 is 0 Å². The molecule has 1 aromatic carbocycles. The van der Waals surface area contributed by atoms with Crippen molar-refractivity contribution in [1.82, 2.24) is 5.32 Å². The van der Waals surface area contributed by atoms with E-state index in [9.17, 15) is 0 Å². The highest BCUT2D eigenvalue weighted by Crippen LogP contribution is 2.27. The second kappa shape index (κ2) is 6.66. The number of hydrogen-bond donors (Lipinski definition) is 1. The maximum absolute atomic E-state index is 5.76. The fraction of sp³-hybridized carbons (Fsp3) is 0.538. The van der Waals surface area contributed by atoms with Crippen molar-refractivity contribution in [2.45, 2.75) is 12.5 Å². The summed E-state index contributed by atoms with van der Waals surface area (Å²) < 4.78 is 6.85. The molecule has 4 heteroatoms. The largest absolute Gasteiger partial charge is 0.494 e. The Hall–Kier alpha value is -0.190. The van der Waals surface area contributed by atoms with Crippen LogP contribution in [0, 0.1) is 5.92 Å². The summed E-state index contributed by atoms with van der Waals surface area (Å²) in [6.07, 6.45) is 1.13. The number of hydrogen-bond acceptors (Lipinski definition) is 3. The lowest BCUT2D eigenvalue weighted by atomic mass is 10.0. The molecule has 2 unspecified atom stereocenters. The van der Waals surface area contributed by atoms with Gasteiger partial charge in [-0.3, -0.25) is 0 Å². The summed E-state index contributed by atoms with van der Waals surface area (Å²) in [6.45, 7) is 0.811. The first-order valence-electron chi connectivity index (χ1n) is 5.93. The van der Waals surface area contributed by atoms with Gasteiger partial charge in [-0.1, -0.05) is 15.9 Å². The first-order chi connectivity index (χ1) is 8.29. The summed E-state index contributed by atoms with van der Waals surface area (Å²) in [7, 11) is 2.05. The molecule has 0 amide bonds. The molecule has 0 radical (unpaired) electrons. The van der Waals surface area contributed by atoms with Gasteiger partial charge in [0.15, 0.2) is 0 Å². The Morgan fingerprint density at radius 2 is 2.12 bits per heavy atom. The predicted octanol–water partition coefficient (Wildman–Crippen LogP) is 3.17. The van der Waals surface area contributed by atoms with Crippen molar-refractivity contribution in [2.24, 2.45) is 5.92 Å². The highest BCUT2D eigenvalue weighted by molar-refractivity contribution is 9.10. The van der Waals surface area contributed by atoms with Crippen LogP contribution < -0.4 is 10.1 Å². The molecule has 0 aliphatic carbocycles. The van der Waals surface area contributed by atoms with Gasteiger partial charge in [0.25, 0.3) is 0 Å². The summed E-state index contributed by atoms with van der Waals surface area (Å²) in [5, 5.41) is 3.39. The third kappa shape index (κ3) is 3.90. The normalized spacial score (nSPS) is 23.9. The van der Waals surface area contributed by atoms with Crippen LogP contribution in [0.3, 0.4) is 0 Å². The van der Waals surface area contributed by atoms with Crippen molar-refractivity contribution >= 4 is 27.7 Å². The molecule has 2 atom stereocenters. The lowest BCUT2D eigenvalue weighted by Gasteiger charge is -2.17. The summed E-state index contributed by atoms with van der Waals surface area (Å²) in [4.78, 5) is 0. The van der Waals surface area contributed by atoms with Crippen LogP contribution in [0.15, 0.2) is 28.7 Å². The summed E-state index contributed by atoms with van der Waals surface area (Å²) >= 11 is 5.46.